The predicted molar refractivity (Wildman–Crippen MR) is 134 cm³/mol. The van der Waals surface area contributed by atoms with E-state index in [0.717, 1.165) is 53.9 Å². The number of halogens is 1. The zero-order chi connectivity index (χ0) is 23.4. The molecule has 0 radical (unpaired) electrons. The van der Waals surface area contributed by atoms with Gasteiger partial charge in [0.15, 0.2) is 5.13 Å². The van der Waals surface area contributed by atoms with Crippen molar-refractivity contribution in [1.29, 1.82) is 0 Å². The third-order valence-corrected chi connectivity index (χ3v) is 6.86. The Morgan fingerprint density at radius 1 is 0.818 bits per heavy atom. The molecule has 0 N–H and O–H groups in total. The molecule has 0 unspecified atom stereocenters. The molecule has 0 aliphatic carbocycles. The highest BCUT2D eigenvalue weighted by atomic mass is 79.9. The van der Waals surface area contributed by atoms with Gasteiger partial charge in [0.25, 0.3) is 0 Å². The molecule has 33 heavy (non-hydrogen) atoms. The van der Waals surface area contributed by atoms with E-state index in [-0.39, 0.29) is 0 Å². The van der Waals surface area contributed by atoms with E-state index in [0.29, 0.717) is 13.1 Å². The smallest absolute Gasteiger partial charge is 0.187 e. The van der Waals surface area contributed by atoms with Crippen molar-refractivity contribution in [3.8, 4) is 23.0 Å². The zero-order valence-electron chi connectivity index (χ0n) is 18.8. The molecule has 172 valence electrons. The summed E-state index contributed by atoms with van der Waals surface area (Å²) in [6, 6.07) is 11.7. The molecular formula is C24H24BrN3O4S. The first-order valence-electron chi connectivity index (χ1n) is 10.1. The summed E-state index contributed by atoms with van der Waals surface area (Å²) in [6.45, 7) is 1.15. The first-order valence-corrected chi connectivity index (χ1v) is 11.7. The Morgan fingerprint density at radius 2 is 1.39 bits per heavy atom. The lowest BCUT2D eigenvalue weighted by atomic mass is 10.1. The number of thiazole rings is 1. The molecule has 0 saturated heterocycles. The number of aromatic nitrogens is 2. The van der Waals surface area contributed by atoms with Crippen LogP contribution in [0.25, 0.3) is 10.2 Å². The maximum absolute atomic E-state index is 5.65. The molecular weight excluding hydrogens is 506 g/mol. The summed E-state index contributed by atoms with van der Waals surface area (Å²) in [7, 11) is 6.61. The van der Waals surface area contributed by atoms with Gasteiger partial charge in [-0.25, -0.2) is 4.98 Å². The highest BCUT2D eigenvalue weighted by molar-refractivity contribution is 9.10. The van der Waals surface area contributed by atoms with Gasteiger partial charge < -0.3 is 23.8 Å². The highest BCUT2D eigenvalue weighted by Crippen LogP contribution is 2.36. The van der Waals surface area contributed by atoms with E-state index in [1.54, 1.807) is 46.0 Å². The van der Waals surface area contributed by atoms with E-state index in [1.165, 1.54) is 0 Å². The van der Waals surface area contributed by atoms with E-state index in [2.05, 4.69) is 25.8 Å². The number of benzene rings is 2. The average Bonchev–Trinajstić information content (AvgIpc) is 3.29. The van der Waals surface area contributed by atoms with Crippen LogP contribution in [0.2, 0.25) is 0 Å². The second-order valence-corrected chi connectivity index (χ2v) is 9.04. The number of anilines is 1. The van der Waals surface area contributed by atoms with Crippen LogP contribution in [-0.4, -0.2) is 38.4 Å². The fourth-order valence-electron chi connectivity index (χ4n) is 3.51. The summed E-state index contributed by atoms with van der Waals surface area (Å²) >= 11 is 5.16. The normalized spacial score (nSPS) is 10.8. The molecule has 0 amide bonds. The van der Waals surface area contributed by atoms with Gasteiger partial charge in [0.05, 0.1) is 37.6 Å². The van der Waals surface area contributed by atoms with Crippen molar-refractivity contribution in [2.75, 3.05) is 33.3 Å². The van der Waals surface area contributed by atoms with Gasteiger partial charge in [-0.1, -0.05) is 11.3 Å². The zero-order valence-corrected chi connectivity index (χ0v) is 21.2. The SMILES string of the molecule is COc1ccc(CN(Cc2ccc(OC)cc2OC)c2nc3c(Br)cncc3s2)c(OC)c1. The first-order chi connectivity index (χ1) is 16.1. The van der Waals surface area contributed by atoms with Crippen molar-refractivity contribution < 1.29 is 18.9 Å². The van der Waals surface area contributed by atoms with Crippen LogP contribution in [-0.2, 0) is 13.1 Å². The van der Waals surface area contributed by atoms with Crippen molar-refractivity contribution in [2.24, 2.45) is 0 Å². The monoisotopic (exact) mass is 529 g/mol. The Hall–Kier alpha value is -3.04. The molecule has 0 atom stereocenters. The Balaban J connectivity index is 1.76. The third-order valence-electron chi connectivity index (χ3n) is 5.23. The summed E-state index contributed by atoms with van der Waals surface area (Å²) in [6.07, 6.45) is 3.59. The summed E-state index contributed by atoms with van der Waals surface area (Å²) in [5, 5.41) is 0.870. The summed E-state index contributed by atoms with van der Waals surface area (Å²) < 4.78 is 23.9. The van der Waals surface area contributed by atoms with Gasteiger partial charge >= 0.3 is 0 Å². The number of pyridine rings is 1. The minimum atomic E-state index is 0.577. The molecule has 0 spiro atoms. The highest BCUT2D eigenvalue weighted by Gasteiger charge is 2.19. The average molecular weight is 530 g/mol. The number of methoxy groups -OCH3 is 4. The second kappa shape index (κ2) is 10.3. The second-order valence-electron chi connectivity index (χ2n) is 7.18. The van der Waals surface area contributed by atoms with Gasteiger partial charge in [0.2, 0.25) is 0 Å². The molecule has 0 saturated carbocycles. The summed E-state index contributed by atoms with van der Waals surface area (Å²) in [5.41, 5.74) is 2.92. The number of fused-ring (bicyclic) bond motifs is 1. The third kappa shape index (κ3) is 4.99. The minimum Gasteiger partial charge on any atom is -0.497 e. The fraction of sp³-hybridized carbons (Fsp3) is 0.250. The van der Waals surface area contributed by atoms with Gasteiger partial charge in [0, 0.05) is 48.7 Å². The number of rotatable bonds is 9. The summed E-state index contributed by atoms with van der Waals surface area (Å²) in [4.78, 5) is 11.4. The van der Waals surface area contributed by atoms with Crippen LogP contribution < -0.4 is 23.8 Å². The van der Waals surface area contributed by atoms with Crippen LogP contribution in [0.1, 0.15) is 11.1 Å². The Morgan fingerprint density at radius 3 is 1.88 bits per heavy atom. The molecule has 7 nitrogen and oxygen atoms in total. The van der Waals surface area contributed by atoms with Crippen LogP contribution in [0, 0.1) is 0 Å². The number of ether oxygens (including phenoxy) is 4. The minimum absolute atomic E-state index is 0.577. The lowest BCUT2D eigenvalue weighted by Crippen LogP contribution is -2.22. The van der Waals surface area contributed by atoms with Crippen LogP contribution in [0.5, 0.6) is 23.0 Å². The topological polar surface area (TPSA) is 65.9 Å². The maximum Gasteiger partial charge on any atom is 0.187 e. The van der Waals surface area contributed by atoms with Crippen molar-refractivity contribution in [3.05, 3.63) is 64.4 Å². The quantitative estimate of drug-likeness (QED) is 0.275. The van der Waals surface area contributed by atoms with Gasteiger partial charge in [0.1, 0.15) is 28.5 Å². The largest absolute Gasteiger partial charge is 0.497 e. The number of hydrogen-bond acceptors (Lipinski definition) is 8. The van der Waals surface area contributed by atoms with Gasteiger partial charge in [-0.05, 0) is 40.2 Å². The standard InChI is InChI=1S/C24H24BrN3O4S/c1-29-17-7-5-15(20(9-17)31-3)13-28(14-16-6-8-18(30-2)10-21(16)32-4)24-27-23-19(25)11-26-12-22(23)33-24/h5-12H,13-14H2,1-4H3. The maximum atomic E-state index is 5.65. The van der Waals surface area contributed by atoms with Crippen LogP contribution in [0.3, 0.4) is 0 Å². The Labute approximate surface area is 205 Å². The molecule has 0 bridgehead atoms. The van der Waals surface area contributed by atoms with Gasteiger partial charge in [-0.15, -0.1) is 0 Å². The number of nitrogens with zero attached hydrogens (tertiary/aromatic N) is 3. The van der Waals surface area contributed by atoms with E-state index in [4.69, 9.17) is 23.9 Å². The first kappa shape index (κ1) is 23.1. The molecule has 0 fully saturated rings. The van der Waals surface area contributed by atoms with Crippen LogP contribution >= 0.6 is 27.3 Å². The Bertz CT molecular complexity index is 1210. The molecule has 4 rings (SSSR count). The van der Waals surface area contributed by atoms with Crippen molar-refractivity contribution in [3.63, 3.8) is 0 Å². The Kier molecular flexibility index (Phi) is 7.20. The molecule has 0 aliphatic rings. The van der Waals surface area contributed by atoms with Crippen molar-refractivity contribution >= 4 is 42.6 Å². The van der Waals surface area contributed by atoms with Crippen LogP contribution in [0.4, 0.5) is 5.13 Å². The number of hydrogen-bond donors (Lipinski definition) is 0. The fourth-order valence-corrected chi connectivity index (χ4v) is 5.02. The van der Waals surface area contributed by atoms with Gasteiger partial charge in [-0.3, -0.25) is 4.98 Å². The molecule has 2 heterocycles. The van der Waals surface area contributed by atoms with E-state index >= 15 is 0 Å². The van der Waals surface area contributed by atoms with E-state index in [1.807, 2.05) is 42.6 Å². The lowest BCUT2D eigenvalue weighted by Gasteiger charge is -2.24. The lowest BCUT2D eigenvalue weighted by molar-refractivity contribution is 0.389. The van der Waals surface area contributed by atoms with Gasteiger partial charge in [-0.2, -0.15) is 0 Å². The summed E-state index contributed by atoms with van der Waals surface area (Å²) in [5.74, 6) is 3.00. The predicted octanol–water partition coefficient (Wildman–Crippen LogP) is 5.70. The van der Waals surface area contributed by atoms with E-state index in [9.17, 15) is 0 Å². The molecule has 2 aromatic heterocycles. The molecule has 2 aromatic carbocycles. The van der Waals surface area contributed by atoms with Crippen molar-refractivity contribution in [2.45, 2.75) is 13.1 Å². The molecule has 0 aliphatic heterocycles. The van der Waals surface area contributed by atoms with E-state index < -0.39 is 0 Å². The molecule has 4 aromatic rings. The molecule has 9 heteroatoms. The van der Waals surface area contributed by atoms with Crippen molar-refractivity contribution in [1.82, 2.24) is 9.97 Å². The van der Waals surface area contributed by atoms with Crippen LogP contribution in [0.15, 0.2) is 53.3 Å².